The van der Waals surface area contributed by atoms with Crippen molar-refractivity contribution in [3.05, 3.63) is 17.7 Å². The first-order valence-corrected chi connectivity index (χ1v) is 9.92. The number of carbonyl (C=O) groups excluding carboxylic acids is 2. The molecule has 3 aliphatic rings. The van der Waals surface area contributed by atoms with Gasteiger partial charge in [0, 0.05) is 12.1 Å². The summed E-state index contributed by atoms with van der Waals surface area (Å²) >= 11 is 0. The largest absolute Gasteiger partial charge is 0.352 e. The van der Waals surface area contributed by atoms with Crippen LogP contribution >= 0.6 is 0 Å². The fourth-order valence-electron chi connectivity index (χ4n) is 4.89. The van der Waals surface area contributed by atoms with Crippen LogP contribution < -0.4 is 10.6 Å². The van der Waals surface area contributed by atoms with E-state index in [-0.39, 0.29) is 23.9 Å². The lowest BCUT2D eigenvalue weighted by Crippen LogP contribution is -2.50. The standard InChI is InChI=1S/C19H29N5O2/c1-12-20-10-17(21-12)19(26)23-16-8-13-7-14(9-15(13)16)22-18(25)11-24-5-3-2-4-6-24/h10,13-16H,2-9,11H2,1H3,(H,20,21)(H,22,25)(H,23,26)/t13-,14+,15-,16+/m0/s1. The molecule has 1 aliphatic heterocycles. The van der Waals surface area contributed by atoms with Gasteiger partial charge in [-0.1, -0.05) is 6.42 Å². The zero-order chi connectivity index (χ0) is 18.1. The predicted octanol–water partition coefficient (Wildman–Crippen LogP) is 1.22. The van der Waals surface area contributed by atoms with E-state index in [1.165, 1.54) is 19.3 Å². The molecular weight excluding hydrogens is 330 g/mol. The van der Waals surface area contributed by atoms with Crippen LogP contribution in [-0.4, -0.2) is 58.4 Å². The Hall–Kier alpha value is -1.89. The molecule has 2 heterocycles. The highest BCUT2D eigenvalue weighted by Crippen LogP contribution is 2.47. The lowest BCUT2D eigenvalue weighted by Gasteiger charge is -2.40. The minimum Gasteiger partial charge on any atom is -0.352 e. The number of piperidine rings is 1. The molecule has 26 heavy (non-hydrogen) atoms. The first kappa shape index (κ1) is 17.5. The number of H-pyrrole nitrogens is 1. The number of hydrogen-bond donors (Lipinski definition) is 3. The van der Waals surface area contributed by atoms with E-state index < -0.39 is 0 Å². The highest BCUT2D eigenvalue weighted by Gasteiger charge is 2.48. The van der Waals surface area contributed by atoms with Crippen LogP contribution in [0.1, 0.15) is 54.8 Å². The fraction of sp³-hybridized carbons (Fsp3) is 0.737. The summed E-state index contributed by atoms with van der Waals surface area (Å²) in [7, 11) is 0. The molecule has 1 saturated heterocycles. The summed E-state index contributed by atoms with van der Waals surface area (Å²) in [6.45, 7) is 4.46. The molecule has 1 aromatic heterocycles. The smallest absolute Gasteiger partial charge is 0.269 e. The Morgan fingerprint density at radius 3 is 2.73 bits per heavy atom. The summed E-state index contributed by atoms with van der Waals surface area (Å²) in [6, 6.07) is 0.485. The quantitative estimate of drug-likeness (QED) is 0.737. The molecule has 2 aliphatic carbocycles. The molecule has 7 nitrogen and oxygen atoms in total. The Morgan fingerprint density at radius 1 is 1.19 bits per heavy atom. The van der Waals surface area contributed by atoms with Crippen molar-refractivity contribution < 1.29 is 9.59 Å². The maximum atomic E-state index is 12.3. The van der Waals surface area contributed by atoms with Gasteiger partial charge in [0.25, 0.3) is 5.91 Å². The minimum absolute atomic E-state index is 0.0772. The average molecular weight is 359 g/mol. The summed E-state index contributed by atoms with van der Waals surface area (Å²) in [5.41, 5.74) is 0.523. The van der Waals surface area contributed by atoms with Crippen LogP contribution in [0.5, 0.6) is 0 Å². The third-order valence-corrected chi connectivity index (χ3v) is 6.27. The lowest BCUT2D eigenvalue weighted by molar-refractivity contribution is -0.123. The van der Waals surface area contributed by atoms with E-state index in [1.807, 2.05) is 6.92 Å². The van der Waals surface area contributed by atoms with Gasteiger partial charge < -0.3 is 15.6 Å². The second-order valence-electron chi connectivity index (χ2n) is 8.19. The number of likely N-dealkylation sites (tertiary alicyclic amines) is 1. The van der Waals surface area contributed by atoms with Gasteiger partial charge in [0.15, 0.2) is 0 Å². The summed E-state index contributed by atoms with van der Waals surface area (Å²) in [5, 5.41) is 6.35. The number of nitrogens with one attached hydrogen (secondary N) is 3. The van der Waals surface area contributed by atoms with E-state index in [0.717, 1.165) is 38.2 Å². The van der Waals surface area contributed by atoms with Gasteiger partial charge in [-0.25, -0.2) is 4.98 Å². The number of aromatic amines is 1. The zero-order valence-electron chi connectivity index (χ0n) is 15.5. The van der Waals surface area contributed by atoms with Gasteiger partial charge in [0.05, 0.1) is 12.7 Å². The number of aromatic nitrogens is 2. The number of nitrogens with zero attached hydrogens (tertiary/aromatic N) is 2. The van der Waals surface area contributed by atoms with Crippen LogP contribution in [0.25, 0.3) is 0 Å². The number of aryl methyl sites for hydroxylation is 1. The Morgan fingerprint density at radius 2 is 2.00 bits per heavy atom. The average Bonchev–Trinajstić information content (AvgIpc) is 3.18. The second-order valence-corrected chi connectivity index (χ2v) is 8.19. The molecule has 4 atom stereocenters. The Labute approximate surface area is 154 Å². The highest BCUT2D eigenvalue weighted by molar-refractivity contribution is 5.92. The zero-order valence-corrected chi connectivity index (χ0v) is 15.5. The Bertz CT molecular complexity index is 667. The molecule has 0 bridgehead atoms. The van der Waals surface area contributed by atoms with Crippen LogP contribution in [0.2, 0.25) is 0 Å². The normalized spacial score (nSPS) is 31.1. The van der Waals surface area contributed by atoms with Crippen LogP contribution in [0, 0.1) is 18.8 Å². The van der Waals surface area contributed by atoms with E-state index in [1.54, 1.807) is 6.20 Å². The molecule has 3 fully saturated rings. The van der Waals surface area contributed by atoms with Crippen molar-refractivity contribution in [1.29, 1.82) is 0 Å². The van der Waals surface area contributed by atoms with Crippen molar-refractivity contribution in [2.45, 2.75) is 57.5 Å². The maximum absolute atomic E-state index is 12.3. The van der Waals surface area contributed by atoms with Crippen molar-refractivity contribution in [2.24, 2.45) is 11.8 Å². The van der Waals surface area contributed by atoms with E-state index in [0.29, 0.717) is 24.1 Å². The summed E-state index contributed by atoms with van der Waals surface area (Å²) in [4.78, 5) is 33.9. The first-order valence-electron chi connectivity index (χ1n) is 9.92. The van der Waals surface area contributed by atoms with E-state index in [2.05, 4.69) is 25.5 Å². The van der Waals surface area contributed by atoms with E-state index in [9.17, 15) is 9.59 Å². The molecule has 4 rings (SSSR count). The summed E-state index contributed by atoms with van der Waals surface area (Å²) in [6.07, 6.45) is 8.32. The number of fused-ring (bicyclic) bond motifs is 1. The van der Waals surface area contributed by atoms with Crippen LogP contribution in [0.15, 0.2) is 6.20 Å². The number of carbonyl (C=O) groups is 2. The van der Waals surface area contributed by atoms with Crippen LogP contribution in [0.4, 0.5) is 0 Å². The monoisotopic (exact) mass is 359 g/mol. The molecule has 2 amide bonds. The van der Waals surface area contributed by atoms with Gasteiger partial charge in [-0.2, -0.15) is 0 Å². The molecule has 142 valence electrons. The molecule has 0 radical (unpaired) electrons. The summed E-state index contributed by atoms with van der Waals surface area (Å²) < 4.78 is 0. The fourth-order valence-corrected chi connectivity index (χ4v) is 4.89. The van der Waals surface area contributed by atoms with E-state index in [4.69, 9.17) is 0 Å². The SMILES string of the molecule is Cc1ncc(C(=O)N[C@@H]2C[C@@H]3C[C@@H](NC(=O)CN4CCCCC4)C[C@@H]32)[nH]1. The molecule has 1 aromatic rings. The third-order valence-electron chi connectivity index (χ3n) is 6.27. The Kier molecular flexibility index (Phi) is 4.98. The van der Waals surface area contributed by atoms with Crippen LogP contribution in [-0.2, 0) is 4.79 Å². The first-order chi connectivity index (χ1) is 12.6. The topological polar surface area (TPSA) is 90.1 Å². The molecule has 2 saturated carbocycles. The second kappa shape index (κ2) is 7.39. The van der Waals surface area contributed by atoms with Gasteiger partial charge in [0.1, 0.15) is 11.5 Å². The van der Waals surface area contributed by atoms with Gasteiger partial charge in [-0.05, 0) is 64.0 Å². The lowest BCUT2D eigenvalue weighted by atomic mass is 9.71. The molecule has 7 heteroatoms. The van der Waals surface area contributed by atoms with Crippen molar-refractivity contribution in [2.75, 3.05) is 19.6 Å². The van der Waals surface area contributed by atoms with Gasteiger partial charge in [0.2, 0.25) is 5.91 Å². The molecule has 0 aromatic carbocycles. The number of hydrogen-bond acceptors (Lipinski definition) is 4. The van der Waals surface area contributed by atoms with Gasteiger partial charge in [-0.15, -0.1) is 0 Å². The van der Waals surface area contributed by atoms with Crippen LogP contribution in [0.3, 0.4) is 0 Å². The van der Waals surface area contributed by atoms with E-state index >= 15 is 0 Å². The van der Waals surface area contributed by atoms with Gasteiger partial charge in [-0.3, -0.25) is 14.5 Å². The number of rotatable bonds is 5. The molecule has 0 spiro atoms. The van der Waals surface area contributed by atoms with Crippen molar-refractivity contribution in [1.82, 2.24) is 25.5 Å². The Balaban J connectivity index is 1.22. The minimum atomic E-state index is -0.0772. The summed E-state index contributed by atoms with van der Waals surface area (Å²) in [5.74, 6) is 1.95. The molecule has 0 unspecified atom stereocenters. The van der Waals surface area contributed by atoms with Gasteiger partial charge >= 0.3 is 0 Å². The third kappa shape index (κ3) is 3.77. The number of amides is 2. The highest BCUT2D eigenvalue weighted by atomic mass is 16.2. The predicted molar refractivity (Wildman–Crippen MR) is 97.6 cm³/mol. The molecular formula is C19H29N5O2. The molecule has 3 N–H and O–H groups in total. The van der Waals surface area contributed by atoms with Crippen molar-refractivity contribution in [3.8, 4) is 0 Å². The number of imidazole rings is 1. The van der Waals surface area contributed by atoms with Crippen molar-refractivity contribution in [3.63, 3.8) is 0 Å². The van der Waals surface area contributed by atoms with Crippen molar-refractivity contribution >= 4 is 11.8 Å². The maximum Gasteiger partial charge on any atom is 0.269 e.